The Bertz CT molecular complexity index is 151. The Kier molecular flexibility index (Phi) is 4.78. The molecule has 0 saturated heterocycles. The number of esters is 1. The normalized spacial score (nSPS) is 14.1. The molecular formula is C8H15BrO3. The van der Waals surface area contributed by atoms with E-state index in [-0.39, 0.29) is 22.8 Å². The third-order valence-corrected chi connectivity index (χ3v) is 2.14. The molecule has 0 N–H and O–H groups in total. The summed E-state index contributed by atoms with van der Waals surface area (Å²) in [6.45, 7) is 3.90. The molecular weight excluding hydrogens is 224 g/mol. The van der Waals surface area contributed by atoms with E-state index < -0.39 is 0 Å². The number of halogens is 1. The SMILES string of the molecule is COC(=O)CC(OC)C(C)(C)Br. The van der Waals surface area contributed by atoms with Gasteiger partial charge in [0.1, 0.15) is 0 Å². The highest BCUT2D eigenvalue weighted by atomic mass is 79.9. The molecule has 1 atom stereocenters. The molecule has 0 aliphatic heterocycles. The van der Waals surface area contributed by atoms with Gasteiger partial charge in [-0.2, -0.15) is 0 Å². The van der Waals surface area contributed by atoms with Gasteiger partial charge in [0.15, 0.2) is 0 Å². The van der Waals surface area contributed by atoms with Crippen molar-refractivity contribution < 1.29 is 14.3 Å². The lowest BCUT2D eigenvalue weighted by atomic mass is 10.0. The molecule has 0 aliphatic carbocycles. The van der Waals surface area contributed by atoms with Gasteiger partial charge in [-0.05, 0) is 13.8 Å². The molecule has 0 heterocycles. The van der Waals surface area contributed by atoms with E-state index in [9.17, 15) is 4.79 Å². The summed E-state index contributed by atoms with van der Waals surface area (Å²) in [6.07, 6.45) is 0.107. The number of hydrogen-bond acceptors (Lipinski definition) is 3. The number of carbonyl (C=O) groups excluding carboxylic acids is 1. The first kappa shape index (κ1) is 11.9. The average molecular weight is 239 g/mol. The number of ether oxygens (including phenoxy) is 2. The first-order valence-corrected chi connectivity index (χ1v) is 4.49. The van der Waals surface area contributed by atoms with E-state index in [1.54, 1.807) is 7.11 Å². The smallest absolute Gasteiger partial charge is 0.308 e. The first-order valence-electron chi connectivity index (χ1n) is 3.70. The van der Waals surface area contributed by atoms with Gasteiger partial charge in [0.05, 0.1) is 19.6 Å². The molecule has 0 rings (SSSR count). The summed E-state index contributed by atoms with van der Waals surface area (Å²) in [5, 5.41) is 0. The van der Waals surface area contributed by atoms with E-state index in [4.69, 9.17) is 4.74 Å². The molecule has 0 aromatic heterocycles. The van der Waals surface area contributed by atoms with Gasteiger partial charge in [-0.3, -0.25) is 4.79 Å². The summed E-state index contributed by atoms with van der Waals surface area (Å²) in [7, 11) is 2.95. The molecule has 1 unspecified atom stereocenters. The summed E-state index contributed by atoms with van der Waals surface area (Å²) in [4.78, 5) is 10.9. The Morgan fingerprint density at radius 2 is 2.00 bits per heavy atom. The minimum atomic E-state index is -0.255. The molecule has 0 aromatic rings. The van der Waals surface area contributed by atoms with E-state index in [2.05, 4.69) is 20.7 Å². The van der Waals surface area contributed by atoms with Gasteiger partial charge >= 0.3 is 5.97 Å². The van der Waals surface area contributed by atoms with Crippen LogP contribution in [0.15, 0.2) is 0 Å². The molecule has 72 valence electrons. The molecule has 0 spiro atoms. The summed E-state index contributed by atoms with van der Waals surface area (Å²) < 4.78 is 9.47. The number of methoxy groups -OCH3 is 2. The molecule has 12 heavy (non-hydrogen) atoms. The van der Waals surface area contributed by atoms with Crippen molar-refractivity contribution in [1.82, 2.24) is 0 Å². The van der Waals surface area contributed by atoms with Crippen molar-refractivity contribution in [3.8, 4) is 0 Å². The first-order chi connectivity index (χ1) is 5.41. The maximum atomic E-state index is 10.9. The standard InChI is InChI=1S/C8H15BrO3/c1-8(2,9)6(11-3)5-7(10)12-4/h6H,5H2,1-4H3. The highest BCUT2D eigenvalue weighted by Crippen LogP contribution is 2.25. The largest absolute Gasteiger partial charge is 0.469 e. The maximum absolute atomic E-state index is 10.9. The Morgan fingerprint density at radius 1 is 1.50 bits per heavy atom. The highest BCUT2D eigenvalue weighted by molar-refractivity contribution is 9.10. The van der Waals surface area contributed by atoms with Crippen LogP contribution in [-0.2, 0) is 14.3 Å². The van der Waals surface area contributed by atoms with Crippen molar-refractivity contribution in [3.05, 3.63) is 0 Å². The summed E-state index contributed by atoms with van der Waals surface area (Å²) in [6, 6.07) is 0. The number of rotatable bonds is 4. The number of carbonyl (C=O) groups is 1. The van der Waals surface area contributed by atoms with E-state index in [1.807, 2.05) is 13.8 Å². The molecule has 0 fully saturated rings. The second-order valence-electron chi connectivity index (χ2n) is 3.07. The van der Waals surface area contributed by atoms with Gasteiger partial charge in [0.2, 0.25) is 0 Å². The van der Waals surface area contributed by atoms with Crippen molar-refractivity contribution in [1.29, 1.82) is 0 Å². The van der Waals surface area contributed by atoms with Crippen LogP contribution >= 0.6 is 15.9 Å². The minimum Gasteiger partial charge on any atom is -0.469 e. The van der Waals surface area contributed by atoms with Crippen LogP contribution in [0.5, 0.6) is 0 Å². The van der Waals surface area contributed by atoms with Crippen LogP contribution in [0.2, 0.25) is 0 Å². The van der Waals surface area contributed by atoms with Gasteiger partial charge < -0.3 is 9.47 Å². The maximum Gasteiger partial charge on any atom is 0.308 e. The van der Waals surface area contributed by atoms with Gasteiger partial charge in [0.25, 0.3) is 0 Å². The zero-order valence-corrected chi connectivity index (χ0v) is 9.47. The van der Waals surface area contributed by atoms with Gasteiger partial charge in [-0.15, -0.1) is 0 Å². The fourth-order valence-electron chi connectivity index (χ4n) is 0.841. The third kappa shape index (κ3) is 4.07. The molecule has 3 nitrogen and oxygen atoms in total. The molecule has 0 aliphatic rings. The van der Waals surface area contributed by atoms with Crippen LogP contribution < -0.4 is 0 Å². The molecule has 0 radical (unpaired) electrons. The van der Waals surface area contributed by atoms with E-state index in [0.717, 1.165) is 0 Å². The highest BCUT2D eigenvalue weighted by Gasteiger charge is 2.28. The van der Waals surface area contributed by atoms with Gasteiger partial charge in [-0.25, -0.2) is 0 Å². The summed E-state index contributed by atoms with van der Waals surface area (Å²) >= 11 is 3.43. The van der Waals surface area contributed by atoms with E-state index in [0.29, 0.717) is 0 Å². The zero-order valence-electron chi connectivity index (χ0n) is 7.89. The van der Waals surface area contributed by atoms with Gasteiger partial charge in [-0.1, -0.05) is 15.9 Å². The number of hydrogen-bond donors (Lipinski definition) is 0. The fourth-order valence-corrected chi connectivity index (χ4v) is 1.19. The van der Waals surface area contributed by atoms with Gasteiger partial charge in [0, 0.05) is 11.4 Å². The Hall–Kier alpha value is -0.0900. The summed E-state index contributed by atoms with van der Waals surface area (Å²) in [5.41, 5.74) is 0. The van der Waals surface area contributed by atoms with Crippen molar-refractivity contribution >= 4 is 21.9 Å². The van der Waals surface area contributed by atoms with Crippen LogP contribution in [0.4, 0.5) is 0 Å². The lowest BCUT2D eigenvalue weighted by molar-refractivity contribution is -0.143. The average Bonchev–Trinajstić information content (AvgIpc) is 1.97. The molecule has 0 bridgehead atoms. The van der Waals surface area contributed by atoms with Crippen LogP contribution in [0.1, 0.15) is 20.3 Å². The van der Waals surface area contributed by atoms with Crippen molar-refractivity contribution in [2.45, 2.75) is 30.7 Å². The topological polar surface area (TPSA) is 35.5 Å². The molecule has 4 heteroatoms. The Morgan fingerprint density at radius 3 is 2.25 bits per heavy atom. The summed E-state index contributed by atoms with van der Waals surface area (Å²) in [5.74, 6) is -0.255. The monoisotopic (exact) mass is 238 g/mol. The predicted molar refractivity (Wildman–Crippen MR) is 50.4 cm³/mol. The Balaban J connectivity index is 4.09. The molecule has 0 amide bonds. The van der Waals surface area contributed by atoms with E-state index >= 15 is 0 Å². The second kappa shape index (κ2) is 4.82. The fraction of sp³-hybridized carbons (Fsp3) is 0.875. The van der Waals surface area contributed by atoms with Crippen molar-refractivity contribution in [3.63, 3.8) is 0 Å². The van der Waals surface area contributed by atoms with Crippen LogP contribution in [-0.4, -0.2) is 30.6 Å². The van der Waals surface area contributed by atoms with Crippen molar-refractivity contribution in [2.75, 3.05) is 14.2 Å². The lowest BCUT2D eigenvalue weighted by Crippen LogP contribution is -2.34. The van der Waals surface area contributed by atoms with Crippen LogP contribution in [0.25, 0.3) is 0 Å². The minimum absolute atomic E-state index is 0.162. The number of alkyl halides is 1. The van der Waals surface area contributed by atoms with Crippen molar-refractivity contribution in [2.24, 2.45) is 0 Å². The molecule has 0 saturated carbocycles. The van der Waals surface area contributed by atoms with Crippen LogP contribution in [0, 0.1) is 0 Å². The Labute approximate surface area is 81.6 Å². The predicted octanol–water partition coefficient (Wildman–Crippen LogP) is 1.74. The molecule has 0 aromatic carbocycles. The zero-order chi connectivity index (χ0) is 9.78. The quantitative estimate of drug-likeness (QED) is 0.553. The van der Waals surface area contributed by atoms with E-state index in [1.165, 1.54) is 7.11 Å². The second-order valence-corrected chi connectivity index (χ2v) is 5.11. The third-order valence-electron chi connectivity index (χ3n) is 1.63. The van der Waals surface area contributed by atoms with Crippen LogP contribution in [0.3, 0.4) is 0 Å². The lowest BCUT2D eigenvalue weighted by Gasteiger charge is -2.26.